The van der Waals surface area contributed by atoms with Crippen molar-refractivity contribution in [3.63, 3.8) is 0 Å². The number of benzene rings is 3. The molecule has 8 nitrogen and oxygen atoms in total. The summed E-state index contributed by atoms with van der Waals surface area (Å²) >= 11 is 0. The molecule has 0 unspecified atom stereocenters. The average Bonchev–Trinajstić information content (AvgIpc) is 2.84. The Labute approximate surface area is 195 Å². The molecule has 0 radical (unpaired) electrons. The molecule has 4 aromatic rings. The van der Waals surface area contributed by atoms with E-state index in [0.29, 0.717) is 33.5 Å². The van der Waals surface area contributed by atoms with Gasteiger partial charge in [0.1, 0.15) is 5.82 Å². The number of carbonyl (C=O) groups is 2. The molecule has 0 saturated heterocycles. The van der Waals surface area contributed by atoms with Crippen molar-refractivity contribution in [1.29, 1.82) is 0 Å². The van der Waals surface area contributed by atoms with E-state index in [1.54, 1.807) is 61.5 Å². The van der Waals surface area contributed by atoms with Gasteiger partial charge in [0.25, 0.3) is 11.5 Å². The summed E-state index contributed by atoms with van der Waals surface area (Å²) in [6.45, 7) is 3.26. The van der Waals surface area contributed by atoms with Crippen molar-refractivity contribution < 1.29 is 14.3 Å². The Kier molecular flexibility index (Phi) is 6.59. The van der Waals surface area contributed by atoms with Crippen LogP contribution in [0.3, 0.4) is 0 Å². The molecule has 1 aromatic heterocycles. The maximum absolute atomic E-state index is 12.7. The number of esters is 1. The Morgan fingerprint density at radius 2 is 1.71 bits per heavy atom. The Bertz CT molecular complexity index is 1440. The Hall–Kier alpha value is -4.59. The van der Waals surface area contributed by atoms with Gasteiger partial charge in [-0.1, -0.05) is 42.0 Å². The van der Waals surface area contributed by atoms with Crippen LogP contribution in [0, 0.1) is 13.8 Å². The van der Waals surface area contributed by atoms with Crippen LogP contribution in [-0.4, -0.2) is 34.4 Å². The normalized spacial score (nSPS) is 11.0. The molecule has 0 aliphatic rings. The van der Waals surface area contributed by atoms with E-state index in [4.69, 9.17) is 4.74 Å². The van der Waals surface area contributed by atoms with Gasteiger partial charge in [0.05, 0.1) is 22.7 Å². The van der Waals surface area contributed by atoms with E-state index in [9.17, 15) is 14.4 Å². The van der Waals surface area contributed by atoms with Crippen LogP contribution in [0.1, 0.15) is 27.3 Å². The monoisotopic (exact) mass is 454 g/mol. The van der Waals surface area contributed by atoms with Crippen molar-refractivity contribution in [3.05, 3.63) is 106 Å². The summed E-state index contributed by atoms with van der Waals surface area (Å²) in [5, 5.41) is 7.40. The third-order valence-corrected chi connectivity index (χ3v) is 5.05. The van der Waals surface area contributed by atoms with Gasteiger partial charge in [-0.25, -0.2) is 9.78 Å². The van der Waals surface area contributed by atoms with Crippen LogP contribution in [-0.2, 0) is 9.53 Å². The highest BCUT2D eigenvalue weighted by atomic mass is 16.5. The summed E-state index contributed by atoms with van der Waals surface area (Å²) in [7, 11) is 0. The molecule has 1 amide bonds. The van der Waals surface area contributed by atoms with Gasteiger partial charge in [0.15, 0.2) is 6.61 Å². The number of carbonyl (C=O) groups excluding carboxylic acids is 2. The standard InChI is InChI=1S/C26H22N4O4/c1-17-7-13-21(14-8-17)29-24(31)16-34-26(33)20-11-9-19(10-12-20)15-27-30-18(2)28-23-6-4-3-5-22(23)25(30)32/h3-15H,16H2,1-2H3,(H,29,31)/b27-15-. The molecular weight excluding hydrogens is 432 g/mol. The smallest absolute Gasteiger partial charge is 0.338 e. The van der Waals surface area contributed by atoms with Crippen molar-refractivity contribution >= 4 is 34.7 Å². The van der Waals surface area contributed by atoms with Crippen molar-refractivity contribution in [2.24, 2.45) is 5.10 Å². The summed E-state index contributed by atoms with van der Waals surface area (Å²) in [6.07, 6.45) is 1.51. The molecule has 170 valence electrons. The van der Waals surface area contributed by atoms with Gasteiger partial charge in [-0.15, -0.1) is 0 Å². The Morgan fingerprint density at radius 1 is 1.00 bits per heavy atom. The number of aryl methyl sites for hydroxylation is 2. The van der Waals surface area contributed by atoms with Crippen LogP contribution in [0.4, 0.5) is 5.69 Å². The zero-order valence-corrected chi connectivity index (χ0v) is 18.7. The molecule has 34 heavy (non-hydrogen) atoms. The first-order chi connectivity index (χ1) is 16.4. The summed E-state index contributed by atoms with van der Waals surface area (Å²) in [5.74, 6) is -0.580. The molecule has 0 aliphatic carbocycles. The molecule has 1 heterocycles. The minimum Gasteiger partial charge on any atom is -0.452 e. The second-order valence-corrected chi connectivity index (χ2v) is 7.65. The Morgan fingerprint density at radius 3 is 2.44 bits per heavy atom. The van der Waals surface area contributed by atoms with E-state index in [2.05, 4.69) is 15.4 Å². The molecule has 8 heteroatoms. The topological polar surface area (TPSA) is 103 Å². The largest absolute Gasteiger partial charge is 0.452 e. The molecule has 1 N–H and O–H groups in total. The van der Waals surface area contributed by atoms with Gasteiger partial charge >= 0.3 is 5.97 Å². The lowest BCUT2D eigenvalue weighted by molar-refractivity contribution is -0.119. The quantitative estimate of drug-likeness (QED) is 0.354. The number of hydrogen-bond acceptors (Lipinski definition) is 6. The molecule has 0 aliphatic heterocycles. The highest BCUT2D eigenvalue weighted by Crippen LogP contribution is 2.10. The number of hydrogen-bond donors (Lipinski definition) is 1. The molecule has 0 atom stereocenters. The van der Waals surface area contributed by atoms with Crippen LogP contribution in [0.2, 0.25) is 0 Å². The van der Waals surface area contributed by atoms with Crippen molar-refractivity contribution in [3.8, 4) is 0 Å². The van der Waals surface area contributed by atoms with Gasteiger partial charge in [-0.2, -0.15) is 9.78 Å². The number of aromatic nitrogens is 2. The Balaban J connectivity index is 1.38. The molecule has 3 aromatic carbocycles. The SMILES string of the molecule is Cc1ccc(NC(=O)COC(=O)c2ccc(/C=N\n3c(C)nc4ccccc4c3=O)cc2)cc1. The van der Waals surface area contributed by atoms with Gasteiger partial charge in [0.2, 0.25) is 0 Å². The highest BCUT2D eigenvalue weighted by molar-refractivity contribution is 5.95. The third kappa shape index (κ3) is 5.24. The third-order valence-electron chi connectivity index (χ3n) is 5.05. The van der Waals surface area contributed by atoms with E-state index in [1.807, 2.05) is 25.1 Å². The molecular formula is C26H22N4O4. The molecule has 0 fully saturated rings. The lowest BCUT2D eigenvalue weighted by Crippen LogP contribution is -2.21. The number of fused-ring (bicyclic) bond motifs is 1. The first-order valence-corrected chi connectivity index (χ1v) is 10.6. The van der Waals surface area contributed by atoms with E-state index >= 15 is 0 Å². The first kappa shape index (κ1) is 22.6. The van der Waals surface area contributed by atoms with Gasteiger partial charge in [-0.05, 0) is 55.8 Å². The van der Waals surface area contributed by atoms with E-state index in [-0.39, 0.29) is 5.56 Å². The highest BCUT2D eigenvalue weighted by Gasteiger charge is 2.11. The van der Waals surface area contributed by atoms with Crippen LogP contribution in [0.5, 0.6) is 0 Å². The van der Waals surface area contributed by atoms with Gasteiger partial charge in [0, 0.05) is 5.69 Å². The number of nitrogens with one attached hydrogen (secondary N) is 1. The maximum Gasteiger partial charge on any atom is 0.338 e. The first-order valence-electron chi connectivity index (χ1n) is 10.6. The van der Waals surface area contributed by atoms with Crippen LogP contribution in [0.15, 0.2) is 82.7 Å². The van der Waals surface area contributed by atoms with Crippen molar-refractivity contribution in [1.82, 2.24) is 9.66 Å². The second kappa shape index (κ2) is 9.91. The number of nitrogens with zero attached hydrogens (tertiary/aromatic N) is 3. The second-order valence-electron chi connectivity index (χ2n) is 7.65. The number of anilines is 1. The lowest BCUT2D eigenvalue weighted by atomic mass is 10.1. The lowest BCUT2D eigenvalue weighted by Gasteiger charge is -2.07. The number of amides is 1. The zero-order chi connectivity index (χ0) is 24.1. The van der Waals surface area contributed by atoms with E-state index < -0.39 is 18.5 Å². The fourth-order valence-electron chi connectivity index (χ4n) is 3.25. The van der Waals surface area contributed by atoms with E-state index in [0.717, 1.165) is 5.56 Å². The van der Waals surface area contributed by atoms with E-state index in [1.165, 1.54) is 10.9 Å². The summed E-state index contributed by atoms with van der Waals surface area (Å²) in [5.41, 5.74) is 3.03. The fraction of sp³-hybridized carbons (Fsp3) is 0.115. The molecule has 0 saturated carbocycles. The van der Waals surface area contributed by atoms with Crippen molar-refractivity contribution in [2.75, 3.05) is 11.9 Å². The fourth-order valence-corrected chi connectivity index (χ4v) is 3.25. The molecule has 0 bridgehead atoms. The summed E-state index contributed by atoms with van der Waals surface area (Å²) < 4.78 is 6.32. The maximum atomic E-state index is 12.7. The minimum atomic E-state index is -0.617. The summed E-state index contributed by atoms with van der Waals surface area (Å²) in [4.78, 5) is 41.4. The summed E-state index contributed by atoms with van der Waals surface area (Å²) in [6, 6.07) is 20.9. The molecule has 4 rings (SSSR count). The number of rotatable bonds is 6. The van der Waals surface area contributed by atoms with Crippen LogP contribution < -0.4 is 10.9 Å². The van der Waals surface area contributed by atoms with Crippen LogP contribution in [0.25, 0.3) is 10.9 Å². The van der Waals surface area contributed by atoms with Crippen LogP contribution >= 0.6 is 0 Å². The average molecular weight is 454 g/mol. The predicted molar refractivity (Wildman–Crippen MR) is 130 cm³/mol. The van der Waals surface area contributed by atoms with Crippen molar-refractivity contribution in [2.45, 2.75) is 13.8 Å². The predicted octanol–water partition coefficient (Wildman–Crippen LogP) is 3.69. The number of ether oxygens (including phenoxy) is 1. The zero-order valence-electron chi connectivity index (χ0n) is 18.7. The van der Waals surface area contributed by atoms with Gasteiger partial charge < -0.3 is 10.1 Å². The molecule has 0 spiro atoms. The minimum absolute atomic E-state index is 0.261. The van der Waals surface area contributed by atoms with Gasteiger partial charge in [-0.3, -0.25) is 9.59 Å². The number of para-hydroxylation sites is 1.